The van der Waals surface area contributed by atoms with E-state index < -0.39 is 38.6 Å². The highest BCUT2D eigenvalue weighted by Crippen LogP contribution is 2.51. The fraction of sp³-hybridized carbons (Fsp3) is 0.485. The van der Waals surface area contributed by atoms with Crippen molar-refractivity contribution in [2.24, 2.45) is 5.92 Å². The van der Waals surface area contributed by atoms with Crippen LogP contribution < -0.4 is 0 Å². The largest absolute Gasteiger partial charge is 0.479 e. The second-order valence-electron chi connectivity index (χ2n) is 12.4. The number of hydrogen-bond acceptors (Lipinski definition) is 5. The van der Waals surface area contributed by atoms with E-state index in [1.165, 1.54) is 12.3 Å². The minimum atomic E-state index is -3.65. The molecule has 2 aliphatic carbocycles. The Morgan fingerprint density at radius 3 is 2.41 bits per heavy atom. The Labute approximate surface area is 243 Å². The number of benzene rings is 2. The van der Waals surface area contributed by atoms with Crippen molar-refractivity contribution in [1.82, 2.24) is 0 Å². The van der Waals surface area contributed by atoms with E-state index in [-0.39, 0.29) is 12.3 Å². The van der Waals surface area contributed by atoms with Gasteiger partial charge < -0.3 is 14.6 Å². The van der Waals surface area contributed by atoms with Gasteiger partial charge in [-0.3, -0.25) is 0 Å². The van der Waals surface area contributed by atoms with E-state index in [1.54, 1.807) is 40.9 Å². The average molecular weight is 585 g/mol. The van der Waals surface area contributed by atoms with Crippen molar-refractivity contribution in [3.05, 3.63) is 75.1 Å². The normalized spacial score (nSPS) is 19.9. The van der Waals surface area contributed by atoms with Crippen LogP contribution in [0.4, 0.5) is 4.39 Å². The van der Waals surface area contributed by atoms with Crippen molar-refractivity contribution in [2.75, 3.05) is 20.0 Å². The van der Waals surface area contributed by atoms with Crippen molar-refractivity contribution >= 4 is 21.4 Å². The predicted octanol–water partition coefficient (Wildman–Crippen LogP) is 7.08. The summed E-state index contributed by atoms with van der Waals surface area (Å²) in [6.07, 6.45) is 5.37. The number of aryl methyl sites for hydroxylation is 1. The monoisotopic (exact) mass is 584 g/mol. The Morgan fingerprint density at radius 1 is 1.15 bits per heavy atom. The van der Waals surface area contributed by atoms with Gasteiger partial charge in [0, 0.05) is 24.5 Å². The van der Waals surface area contributed by atoms with Crippen LogP contribution in [0.25, 0.3) is 16.7 Å². The van der Waals surface area contributed by atoms with E-state index in [9.17, 15) is 18.3 Å². The standard InChI is InChI=1S/C33H41FO6S/c1-18-12-14-23(22(16-18)17-39-7)26-19(2)28-27(20(3)29(26)31(32(35)36)40-33(4,5)6)25(41(8,37)38)15-13-21-10-9-11-24(34)30(21)28/h9-11,14,16,18,25,31H,12-13,15,17H2,1-8H3,(H,35,36)/t18?,25?,31-/m0/s1. The number of halogens is 1. The maximum atomic E-state index is 15.8. The maximum absolute atomic E-state index is 15.8. The smallest absolute Gasteiger partial charge is 0.337 e. The number of hydrogen-bond donors (Lipinski definition) is 1. The summed E-state index contributed by atoms with van der Waals surface area (Å²) < 4.78 is 54.2. The summed E-state index contributed by atoms with van der Waals surface area (Å²) in [5.41, 5.74) is 5.17. The van der Waals surface area contributed by atoms with E-state index in [4.69, 9.17) is 9.47 Å². The number of ether oxygens (including phenoxy) is 2. The van der Waals surface area contributed by atoms with Gasteiger partial charge in [-0.05, 0) is 110 Å². The Morgan fingerprint density at radius 2 is 1.83 bits per heavy atom. The van der Waals surface area contributed by atoms with Gasteiger partial charge in [-0.2, -0.15) is 0 Å². The number of methoxy groups -OCH3 is 1. The fourth-order valence-corrected chi connectivity index (χ4v) is 7.70. The zero-order valence-electron chi connectivity index (χ0n) is 25.2. The molecular formula is C33H41FO6S. The van der Waals surface area contributed by atoms with Crippen molar-refractivity contribution in [3.8, 4) is 11.1 Å². The number of carbonyl (C=O) groups is 1. The lowest BCUT2D eigenvalue weighted by Crippen LogP contribution is -2.30. The zero-order valence-corrected chi connectivity index (χ0v) is 26.0. The summed E-state index contributed by atoms with van der Waals surface area (Å²) in [5.74, 6) is -1.36. The molecule has 2 aromatic rings. The number of sulfone groups is 1. The van der Waals surface area contributed by atoms with Crippen LogP contribution in [0, 0.1) is 25.6 Å². The van der Waals surface area contributed by atoms with E-state index in [2.05, 4.69) is 19.1 Å². The molecule has 0 aromatic heterocycles. The van der Waals surface area contributed by atoms with Gasteiger partial charge in [-0.25, -0.2) is 17.6 Å². The van der Waals surface area contributed by atoms with Gasteiger partial charge in [0.1, 0.15) is 5.82 Å². The zero-order chi connectivity index (χ0) is 30.4. The summed E-state index contributed by atoms with van der Waals surface area (Å²) in [4.78, 5) is 12.9. The lowest BCUT2D eigenvalue weighted by Gasteiger charge is -2.34. The van der Waals surface area contributed by atoms with Crippen LogP contribution in [0.1, 0.15) is 85.3 Å². The van der Waals surface area contributed by atoms with Crippen LogP contribution in [-0.4, -0.2) is 45.1 Å². The quantitative estimate of drug-likeness (QED) is 0.374. The molecule has 0 spiro atoms. The Bertz CT molecular complexity index is 1540. The van der Waals surface area contributed by atoms with Gasteiger partial charge in [0.25, 0.3) is 0 Å². The number of aliphatic carboxylic acids is 1. The molecule has 0 fully saturated rings. The molecule has 0 aliphatic heterocycles. The number of fused-ring (bicyclic) bond motifs is 3. The van der Waals surface area contributed by atoms with E-state index in [0.29, 0.717) is 52.0 Å². The Balaban J connectivity index is 2.25. The fourth-order valence-electron chi connectivity index (χ4n) is 6.43. The lowest BCUT2D eigenvalue weighted by atomic mass is 9.76. The summed E-state index contributed by atoms with van der Waals surface area (Å²) in [5, 5.41) is 9.63. The maximum Gasteiger partial charge on any atom is 0.337 e. The van der Waals surface area contributed by atoms with E-state index >= 15 is 4.39 Å². The van der Waals surface area contributed by atoms with Gasteiger partial charge >= 0.3 is 5.97 Å². The summed E-state index contributed by atoms with van der Waals surface area (Å²) in [7, 11) is -2.04. The third-order valence-electron chi connectivity index (χ3n) is 8.01. The van der Waals surface area contributed by atoms with Crippen LogP contribution in [0.15, 0.2) is 35.9 Å². The number of allylic oxidation sites excluding steroid dienone is 2. The molecule has 4 rings (SSSR count). The summed E-state index contributed by atoms with van der Waals surface area (Å²) >= 11 is 0. The second kappa shape index (κ2) is 11.5. The number of carboxylic acids is 1. The molecule has 2 unspecified atom stereocenters. The van der Waals surface area contributed by atoms with Crippen LogP contribution in [0.5, 0.6) is 0 Å². The molecule has 41 heavy (non-hydrogen) atoms. The second-order valence-corrected chi connectivity index (χ2v) is 14.6. The highest BCUT2D eigenvalue weighted by atomic mass is 32.2. The molecule has 0 amide bonds. The van der Waals surface area contributed by atoms with Gasteiger partial charge in [-0.15, -0.1) is 0 Å². The van der Waals surface area contributed by atoms with Gasteiger partial charge in [0.2, 0.25) is 0 Å². The molecule has 0 saturated heterocycles. The molecule has 2 aliphatic rings. The van der Waals surface area contributed by atoms with Crippen LogP contribution in [-0.2, 0) is 30.5 Å². The highest BCUT2D eigenvalue weighted by Gasteiger charge is 2.40. The Kier molecular flexibility index (Phi) is 8.70. The average Bonchev–Trinajstić information content (AvgIpc) is 3.03. The topological polar surface area (TPSA) is 89.9 Å². The Hall–Kier alpha value is -2.81. The first-order valence-corrected chi connectivity index (χ1v) is 16.0. The minimum Gasteiger partial charge on any atom is -0.479 e. The lowest BCUT2D eigenvalue weighted by molar-refractivity contribution is -0.160. The molecule has 3 atom stereocenters. The predicted molar refractivity (Wildman–Crippen MR) is 160 cm³/mol. The first-order valence-electron chi connectivity index (χ1n) is 14.0. The third-order valence-corrected chi connectivity index (χ3v) is 9.52. The molecule has 8 heteroatoms. The molecule has 6 nitrogen and oxygen atoms in total. The molecule has 222 valence electrons. The first-order chi connectivity index (χ1) is 19.1. The van der Waals surface area contributed by atoms with Crippen LogP contribution in [0.2, 0.25) is 0 Å². The van der Waals surface area contributed by atoms with Crippen molar-refractivity contribution < 1.29 is 32.2 Å². The highest BCUT2D eigenvalue weighted by molar-refractivity contribution is 7.90. The summed E-state index contributed by atoms with van der Waals surface area (Å²) in [6.45, 7) is 11.4. The number of rotatable bonds is 7. The SMILES string of the molecule is COCC1=CC(C)CC=C1c1c(C)c2c(c(C)c1[C@H](OC(C)(C)C)C(=O)O)C(S(C)(=O)=O)CCc1cccc(F)c1-2. The van der Waals surface area contributed by atoms with Crippen molar-refractivity contribution in [2.45, 2.75) is 77.8 Å². The third kappa shape index (κ3) is 6.06. The van der Waals surface area contributed by atoms with Gasteiger partial charge in [-0.1, -0.05) is 31.2 Å². The van der Waals surface area contributed by atoms with Crippen LogP contribution >= 0.6 is 0 Å². The van der Waals surface area contributed by atoms with Gasteiger partial charge in [0.15, 0.2) is 15.9 Å². The molecule has 2 aromatic carbocycles. The van der Waals surface area contributed by atoms with Crippen molar-refractivity contribution in [1.29, 1.82) is 0 Å². The minimum absolute atomic E-state index is 0.253. The van der Waals surface area contributed by atoms with E-state index in [0.717, 1.165) is 23.1 Å². The molecule has 0 saturated carbocycles. The summed E-state index contributed by atoms with van der Waals surface area (Å²) in [6, 6.07) is 4.89. The molecule has 0 heterocycles. The van der Waals surface area contributed by atoms with Gasteiger partial charge in [0.05, 0.1) is 17.5 Å². The molecular weight excluding hydrogens is 543 g/mol. The van der Waals surface area contributed by atoms with Crippen LogP contribution in [0.3, 0.4) is 0 Å². The first kappa shape index (κ1) is 31.1. The van der Waals surface area contributed by atoms with Crippen molar-refractivity contribution in [3.63, 3.8) is 0 Å². The molecule has 1 N–H and O–H groups in total. The number of carboxylic acid groups (broad SMARTS) is 1. The van der Waals surface area contributed by atoms with E-state index in [1.807, 2.05) is 13.0 Å². The molecule has 0 bridgehead atoms. The molecule has 0 radical (unpaired) electrons.